The summed E-state index contributed by atoms with van der Waals surface area (Å²) in [5.74, 6) is 0.881. The van der Waals surface area contributed by atoms with Crippen LogP contribution in [0.1, 0.15) is 53.9 Å². The molecule has 2 rings (SSSR count). The van der Waals surface area contributed by atoms with Crippen LogP contribution in [0, 0.1) is 10.8 Å². The van der Waals surface area contributed by atoms with Gasteiger partial charge in [0.2, 0.25) is 4.74 Å². The second kappa shape index (κ2) is 8.35. The largest absolute Gasteiger partial charge is 0.484 e. The maximum atomic E-state index is 6.36. The number of halogens is 1. The van der Waals surface area contributed by atoms with E-state index in [1.165, 1.54) is 0 Å². The molecule has 2 atom stereocenters. The Morgan fingerprint density at radius 2 is 2.08 bits per heavy atom. The number of nitrogens with one attached hydrogen (secondary N) is 1. The summed E-state index contributed by atoms with van der Waals surface area (Å²) in [6.07, 6.45) is 13.8. The number of ether oxygens (including phenoxy) is 1. The van der Waals surface area contributed by atoms with Crippen molar-refractivity contribution in [3.8, 4) is 0 Å². The molecule has 0 aromatic heterocycles. The van der Waals surface area contributed by atoms with Crippen LogP contribution < -0.4 is 5.43 Å². The Balaban J connectivity index is 2.20. The minimum Gasteiger partial charge on any atom is -0.484 e. The van der Waals surface area contributed by atoms with Crippen molar-refractivity contribution in [1.29, 1.82) is 0 Å². The molecule has 2 unspecified atom stereocenters. The molecule has 1 heterocycles. The van der Waals surface area contributed by atoms with Gasteiger partial charge in [0.1, 0.15) is 11.9 Å². The average molecular weight is 408 g/mol. The van der Waals surface area contributed by atoms with Crippen molar-refractivity contribution in [2.45, 2.75) is 60.0 Å². The number of hydrazone groups is 1. The maximum absolute atomic E-state index is 6.36. The Bertz CT molecular complexity index is 631. The van der Waals surface area contributed by atoms with E-state index in [9.17, 15) is 0 Å². The number of nitrogens with zero attached hydrogens (tertiary/aromatic N) is 2. The van der Waals surface area contributed by atoms with Gasteiger partial charge in [-0.25, -0.2) is 4.99 Å². The Hall–Kier alpha value is -1.36. The smallest absolute Gasteiger partial charge is 0.215 e. The van der Waals surface area contributed by atoms with Crippen molar-refractivity contribution in [2.75, 3.05) is 6.54 Å². The second-order valence-electron chi connectivity index (χ2n) is 7.96. The molecule has 25 heavy (non-hydrogen) atoms. The number of rotatable bonds is 4. The molecule has 0 fully saturated rings. The van der Waals surface area contributed by atoms with E-state index >= 15 is 0 Å². The van der Waals surface area contributed by atoms with Crippen LogP contribution in [0.5, 0.6) is 0 Å². The van der Waals surface area contributed by atoms with Gasteiger partial charge >= 0.3 is 0 Å². The van der Waals surface area contributed by atoms with E-state index < -0.39 is 0 Å². The molecular weight excluding hydrogens is 378 g/mol. The van der Waals surface area contributed by atoms with E-state index in [4.69, 9.17) is 4.74 Å². The van der Waals surface area contributed by atoms with Crippen LogP contribution in [-0.2, 0) is 4.74 Å². The van der Waals surface area contributed by atoms with Crippen molar-refractivity contribution in [3.63, 3.8) is 0 Å². The summed E-state index contributed by atoms with van der Waals surface area (Å²) in [4.78, 5) is 4.52. The van der Waals surface area contributed by atoms with E-state index in [0.29, 0.717) is 4.74 Å². The first-order chi connectivity index (χ1) is 11.7. The van der Waals surface area contributed by atoms with E-state index in [-0.39, 0.29) is 16.9 Å². The number of amidine groups is 1. The van der Waals surface area contributed by atoms with Crippen molar-refractivity contribution in [1.82, 2.24) is 5.43 Å². The van der Waals surface area contributed by atoms with Gasteiger partial charge in [-0.3, -0.25) is 0 Å². The van der Waals surface area contributed by atoms with Gasteiger partial charge < -0.3 is 10.2 Å². The fourth-order valence-electron chi connectivity index (χ4n) is 3.10. The molecule has 0 amide bonds. The first kappa shape index (κ1) is 20.0. The van der Waals surface area contributed by atoms with Crippen LogP contribution in [0.3, 0.4) is 0 Å². The third kappa shape index (κ3) is 6.14. The monoisotopic (exact) mass is 407 g/mol. The molecule has 1 aliphatic carbocycles. The van der Waals surface area contributed by atoms with Crippen LogP contribution in [0.2, 0.25) is 0 Å². The minimum absolute atomic E-state index is 0.0458. The molecular formula is C20H30BrN3O. The topological polar surface area (TPSA) is 46.0 Å². The lowest BCUT2D eigenvalue weighted by Gasteiger charge is -2.29. The number of allylic oxidation sites excluding steroid dienone is 5. The van der Waals surface area contributed by atoms with Gasteiger partial charge in [-0.1, -0.05) is 52.3 Å². The molecule has 5 heteroatoms. The highest BCUT2D eigenvalue weighted by molar-refractivity contribution is 9.18. The first-order valence-electron chi connectivity index (χ1n) is 9.00. The molecule has 1 N–H and O–H groups in total. The van der Waals surface area contributed by atoms with Gasteiger partial charge in [-0.05, 0) is 53.3 Å². The molecule has 0 bridgehead atoms. The Morgan fingerprint density at radius 3 is 2.80 bits per heavy atom. The average Bonchev–Trinajstić information content (AvgIpc) is 2.65. The molecule has 0 saturated carbocycles. The molecule has 0 saturated heterocycles. The summed E-state index contributed by atoms with van der Waals surface area (Å²) >= 11 is 3.39. The first-order valence-corrected chi connectivity index (χ1v) is 9.79. The van der Waals surface area contributed by atoms with E-state index in [0.717, 1.165) is 37.3 Å². The fraction of sp³-hybridized carbons (Fsp3) is 0.600. The van der Waals surface area contributed by atoms with E-state index in [1.807, 2.05) is 13.0 Å². The third-order valence-corrected chi connectivity index (χ3v) is 4.99. The Labute approximate surface area is 160 Å². The number of aliphatic imine (C=N–C) groups is 1. The third-order valence-electron chi connectivity index (χ3n) is 4.63. The highest BCUT2D eigenvalue weighted by Crippen LogP contribution is 2.31. The van der Waals surface area contributed by atoms with Crippen LogP contribution >= 0.6 is 15.9 Å². The van der Waals surface area contributed by atoms with Crippen molar-refractivity contribution in [2.24, 2.45) is 20.9 Å². The maximum Gasteiger partial charge on any atom is 0.215 e. The van der Waals surface area contributed by atoms with Crippen molar-refractivity contribution >= 4 is 26.4 Å². The summed E-state index contributed by atoms with van der Waals surface area (Å²) in [5.41, 5.74) is 4.15. The summed E-state index contributed by atoms with van der Waals surface area (Å²) in [5, 5.41) is 4.23. The molecule has 0 aromatic rings. The van der Waals surface area contributed by atoms with Crippen LogP contribution in [0.25, 0.3) is 0 Å². The molecule has 2 aliphatic rings. The molecule has 0 aromatic carbocycles. The highest BCUT2D eigenvalue weighted by atomic mass is 79.9. The zero-order chi connectivity index (χ0) is 18.5. The Kier molecular flexibility index (Phi) is 6.66. The summed E-state index contributed by atoms with van der Waals surface area (Å²) in [6, 6.07) is 0. The minimum atomic E-state index is -0.0857. The molecule has 1 aliphatic heterocycles. The van der Waals surface area contributed by atoms with Crippen LogP contribution in [0.15, 0.2) is 46.2 Å². The SMILES string of the molecule is CCCC1(C)C=CC=C(OC2CC(C)(C)CN/N=C(Br)\N=C\2C)C=C1. The van der Waals surface area contributed by atoms with Gasteiger partial charge in [-0.2, -0.15) is 5.10 Å². The van der Waals surface area contributed by atoms with Crippen LogP contribution in [0.4, 0.5) is 0 Å². The van der Waals surface area contributed by atoms with Crippen molar-refractivity contribution < 1.29 is 4.74 Å². The fourth-order valence-corrected chi connectivity index (χ4v) is 3.51. The predicted molar refractivity (Wildman–Crippen MR) is 110 cm³/mol. The predicted octanol–water partition coefficient (Wildman–Crippen LogP) is 5.33. The number of hydrogen-bond donors (Lipinski definition) is 1. The summed E-state index contributed by atoms with van der Waals surface area (Å²) < 4.78 is 6.91. The number of hydrogen-bond acceptors (Lipinski definition) is 4. The van der Waals surface area contributed by atoms with Crippen LogP contribution in [-0.4, -0.2) is 23.1 Å². The van der Waals surface area contributed by atoms with Gasteiger partial charge in [-0.15, -0.1) is 0 Å². The quantitative estimate of drug-likeness (QED) is 0.639. The summed E-state index contributed by atoms with van der Waals surface area (Å²) in [6.45, 7) is 11.7. The molecule has 0 spiro atoms. The molecule has 0 radical (unpaired) electrons. The second-order valence-corrected chi connectivity index (χ2v) is 8.67. The van der Waals surface area contributed by atoms with E-state index in [1.54, 1.807) is 0 Å². The van der Waals surface area contributed by atoms with Gasteiger partial charge in [0, 0.05) is 12.0 Å². The zero-order valence-corrected chi connectivity index (χ0v) is 17.6. The molecule has 138 valence electrons. The van der Waals surface area contributed by atoms with Gasteiger partial charge in [0.15, 0.2) is 0 Å². The lowest BCUT2D eigenvalue weighted by molar-refractivity contribution is 0.127. The van der Waals surface area contributed by atoms with Gasteiger partial charge in [0.05, 0.1) is 5.71 Å². The zero-order valence-electron chi connectivity index (χ0n) is 16.0. The summed E-state index contributed by atoms with van der Waals surface area (Å²) in [7, 11) is 0. The highest BCUT2D eigenvalue weighted by Gasteiger charge is 2.28. The van der Waals surface area contributed by atoms with Crippen molar-refractivity contribution in [3.05, 3.63) is 36.1 Å². The molecule has 4 nitrogen and oxygen atoms in total. The normalized spacial score (nSPS) is 33.4. The van der Waals surface area contributed by atoms with Gasteiger partial charge in [0.25, 0.3) is 0 Å². The lowest BCUT2D eigenvalue weighted by Crippen LogP contribution is -2.33. The lowest BCUT2D eigenvalue weighted by atomic mass is 9.85. The van der Waals surface area contributed by atoms with E-state index in [2.05, 4.69) is 83.4 Å². The standard InChI is InChI=1S/C20H30BrN3O/c1-6-10-20(5)11-7-8-16(9-12-20)25-17-13-19(3,4)14-22-24-18(21)23-15(17)2/h7-9,11-12,17,22H,6,10,13-14H2,1-5H3/b23-15+,24-18-. The Morgan fingerprint density at radius 1 is 1.32 bits per heavy atom.